The lowest BCUT2D eigenvalue weighted by atomic mass is 10.1. The Balaban J connectivity index is 3.13. The summed E-state index contributed by atoms with van der Waals surface area (Å²) in [6.07, 6.45) is 1.26. The fraction of sp³-hybridized carbons (Fsp3) is 0.182. The van der Waals surface area contributed by atoms with Crippen LogP contribution in [0.1, 0.15) is 15.9 Å². The van der Waals surface area contributed by atoms with Crippen molar-refractivity contribution in [2.45, 2.75) is 6.92 Å². The van der Waals surface area contributed by atoms with E-state index in [9.17, 15) is 13.2 Å². The zero-order valence-electron chi connectivity index (χ0n) is 9.30. The van der Waals surface area contributed by atoms with Crippen LogP contribution in [0.5, 0.6) is 0 Å². The SMILES string of the molecule is C=CCS(=O)(=O)Nc1cccc(C(=O)O)c1C. The lowest BCUT2D eigenvalue weighted by molar-refractivity contribution is 0.0696. The molecule has 0 aliphatic carbocycles. The highest BCUT2D eigenvalue weighted by molar-refractivity contribution is 7.92. The van der Waals surface area contributed by atoms with E-state index >= 15 is 0 Å². The quantitative estimate of drug-likeness (QED) is 0.783. The maximum Gasteiger partial charge on any atom is 0.336 e. The summed E-state index contributed by atoms with van der Waals surface area (Å²) in [7, 11) is -3.51. The van der Waals surface area contributed by atoms with Crippen LogP contribution in [0.3, 0.4) is 0 Å². The molecular weight excluding hydrogens is 242 g/mol. The van der Waals surface area contributed by atoms with E-state index in [1.165, 1.54) is 24.3 Å². The molecule has 0 saturated heterocycles. The first-order chi connectivity index (χ1) is 7.87. The van der Waals surface area contributed by atoms with Gasteiger partial charge in [-0.2, -0.15) is 0 Å². The number of anilines is 1. The van der Waals surface area contributed by atoms with Crippen molar-refractivity contribution in [1.29, 1.82) is 0 Å². The van der Waals surface area contributed by atoms with E-state index in [4.69, 9.17) is 5.11 Å². The molecule has 0 radical (unpaired) electrons. The van der Waals surface area contributed by atoms with Crippen molar-refractivity contribution < 1.29 is 18.3 Å². The standard InChI is InChI=1S/C11H13NO4S/c1-3-7-17(15,16)12-10-6-4-5-9(8(10)2)11(13)14/h3-6,12H,1,7H2,2H3,(H,13,14). The molecule has 0 aromatic heterocycles. The summed E-state index contributed by atoms with van der Waals surface area (Å²) < 4.78 is 25.3. The zero-order valence-corrected chi connectivity index (χ0v) is 10.1. The minimum absolute atomic E-state index is 0.0730. The number of aromatic carboxylic acids is 1. The fourth-order valence-electron chi connectivity index (χ4n) is 1.34. The summed E-state index contributed by atoms with van der Waals surface area (Å²) >= 11 is 0. The van der Waals surface area contributed by atoms with Gasteiger partial charge in [0.05, 0.1) is 17.0 Å². The van der Waals surface area contributed by atoms with Crippen LogP contribution in [0, 0.1) is 6.92 Å². The molecule has 6 heteroatoms. The van der Waals surface area contributed by atoms with Gasteiger partial charge in [-0.15, -0.1) is 6.58 Å². The molecule has 1 aromatic rings. The Bertz CT molecular complexity index is 549. The first kappa shape index (κ1) is 13.2. The largest absolute Gasteiger partial charge is 0.478 e. The minimum atomic E-state index is -3.51. The van der Waals surface area contributed by atoms with Crippen LogP contribution in [-0.2, 0) is 10.0 Å². The summed E-state index contributed by atoms with van der Waals surface area (Å²) in [6, 6.07) is 4.42. The normalized spacial score (nSPS) is 10.9. The summed E-state index contributed by atoms with van der Waals surface area (Å²) in [5.74, 6) is -1.31. The summed E-state index contributed by atoms with van der Waals surface area (Å²) in [5.41, 5.74) is 0.725. The predicted octanol–water partition coefficient (Wildman–Crippen LogP) is 1.62. The van der Waals surface area contributed by atoms with Crippen molar-refractivity contribution in [2.24, 2.45) is 0 Å². The Morgan fingerprint density at radius 1 is 1.53 bits per heavy atom. The Labute approximate surface area is 99.8 Å². The molecule has 0 amide bonds. The van der Waals surface area contributed by atoms with Crippen molar-refractivity contribution in [3.8, 4) is 0 Å². The Morgan fingerprint density at radius 2 is 2.18 bits per heavy atom. The molecule has 0 spiro atoms. The Kier molecular flexibility index (Phi) is 3.90. The highest BCUT2D eigenvalue weighted by atomic mass is 32.2. The van der Waals surface area contributed by atoms with Gasteiger partial charge in [0.15, 0.2) is 0 Å². The molecule has 1 rings (SSSR count). The third-order valence-corrected chi connectivity index (χ3v) is 3.37. The van der Waals surface area contributed by atoms with Gasteiger partial charge >= 0.3 is 5.97 Å². The van der Waals surface area contributed by atoms with Crippen molar-refractivity contribution in [2.75, 3.05) is 10.5 Å². The van der Waals surface area contributed by atoms with E-state index in [0.29, 0.717) is 5.56 Å². The lowest BCUT2D eigenvalue weighted by Gasteiger charge is -2.10. The number of sulfonamides is 1. The van der Waals surface area contributed by atoms with Crippen LogP contribution in [0.4, 0.5) is 5.69 Å². The van der Waals surface area contributed by atoms with E-state index in [1.54, 1.807) is 6.92 Å². The molecule has 0 aliphatic heterocycles. The molecular formula is C11H13NO4S. The second-order valence-electron chi connectivity index (χ2n) is 3.46. The van der Waals surface area contributed by atoms with Gasteiger partial charge in [0, 0.05) is 0 Å². The van der Waals surface area contributed by atoms with Gasteiger partial charge in [-0.3, -0.25) is 4.72 Å². The van der Waals surface area contributed by atoms with E-state index in [2.05, 4.69) is 11.3 Å². The first-order valence-electron chi connectivity index (χ1n) is 4.81. The number of carboxylic acids is 1. The van der Waals surface area contributed by atoms with E-state index in [0.717, 1.165) is 0 Å². The number of hydrogen-bond donors (Lipinski definition) is 2. The molecule has 0 saturated carbocycles. The van der Waals surface area contributed by atoms with Gasteiger partial charge in [0.2, 0.25) is 10.0 Å². The lowest BCUT2D eigenvalue weighted by Crippen LogP contribution is -2.16. The molecule has 2 N–H and O–H groups in total. The van der Waals surface area contributed by atoms with Crippen LogP contribution < -0.4 is 4.72 Å². The molecule has 0 heterocycles. The van der Waals surface area contributed by atoms with Crippen molar-refractivity contribution in [1.82, 2.24) is 0 Å². The number of rotatable bonds is 5. The molecule has 0 aliphatic rings. The average Bonchev–Trinajstić information content (AvgIpc) is 2.20. The molecule has 17 heavy (non-hydrogen) atoms. The average molecular weight is 255 g/mol. The highest BCUT2D eigenvalue weighted by Gasteiger charge is 2.14. The molecule has 92 valence electrons. The zero-order chi connectivity index (χ0) is 13.1. The van der Waals surface area contributed by atoms with Gasteiger partial charge < -0.3 is 5.11 Å². The second kappa shape index (κ2) is 5.01. The topological polar surface area (TPSA) is 83.5 Å². The number of hydrogen-bond acceptors (Lipinski definition) is 3. The smallest absolute Gasteiger partial charge is 0.336 e. The van der Waals surface area contributed by atoms with Crippen molar-refractivity contribution in [3.63, 3.8) is 0 Å². The van der Waals surface area contributed by atoms with E-state index in [-0.39, 0.29) is 17.0 Å². The molecule has 1 aromatic carbocycles. The summed E-state index contributed by atoms with van der Waals surface area (Å²) in [5, 5.41) is 8.90. The second-order valence-corrected chi connectivity index (χ2v) is 5.22. The van der Waals surface area contributed by atoms with E-state index < -0.39 is 16.0 Å². The number of benzene rings is 1. The molecule has 0 unspecified atom stereocenters. The third kappa shape index (κ3) is 3.32. The molecule has 0 atom stereocenters. The first-order valence-corrected chi connectivity index (χ1v) is 6.47. The molecule has 0 fully saturated rings. The Hall–Kier alpha value is -1.82. The van der Waals surface area contributed by atoms with E-state index in [1.807, 2.05) is 0 Å². The Morgan fingerprint density at radius 3 is 2.71 bits per heavy atom. The third-order valence-electron chi connectivity index (χ3n) is 2.17. The van der Waals surface area contributed by atoms with Crippen molar-refractivity contribution >= 4 is 21.7 Å². The van der Waals surface area contributed by atoms with Crippen LogP contribution >= 0.6 is 0 Å². The molecule has 0 bridgehead atoms. The number of carboxylic acid groups (broad SMARTS) is 1. The maximum absolute atomic E-state index is 11.5. The predicted molar refractivity (Wildman–Crippen MR) is 65.7 cm³/mol. The monoisotopic (exact) mass is 255 g/mol. The summed E-state index contributed by atoms with van der Waals surface area (Å²) in [4.78, 5) is 10.9. The van der Waals surface area contributed by atoms with Crippen LogP contribution in [-0.4, -0.2) is 25.2 Å². The van der Waals surface area contributed by atoms with Crippen LogP contribution in [0.25, 0.3) is 0 Å². The van der Waals surface area contributed by atoms with Crippen LogP contribution in [0.2, 0.25) is 0 Å². The number of carbonyl (C=O) groups is 1. The maximum atomic E-state index is 11.5. The van der Waals surface area contributed by atoms with Gasteiger partial charge in [-0.25, -0.2) is 13.2 Å². The van der Waals surface area contributed by atoms with Gasteiger partial charge in [0.25, 0.3) is 0 Å². The minimum Gasteiger partial charge on any atom is -0.478 e. The van der Waals surface area contributed by atoms with Crippen LogP contribution in [0.15, 0.2) is 30.9 Å². The highest BCUT2D eigenvalue weighted by Crippen LogP contribution is 2.20. The van der Waals surface area contributed by atoms with Gasteiger partial charge in [0.1, 0.15) is 0 Å². The molecule has 5 nitrogen and oxygen atoms in total. The van der Waals surface area contributed by atoms with Gasteiger partial charge in [-0.1, -0.05) is 12.1 Å². The van der Waals surface area contributed by atoms with Crippen molar-refractivity contribution in [3.05, 3.63) is 42.0 Å². The number of nitrogens with one attached hydrogen (secondary N) is 1. The van der Waals surface area contributed by atoms with Gasteiger partial charge in [-0.05, 0) is 24.6 Å². The fourth-order valence-corrected chi connectivity index (χ4v) is 2.29. The summed E-state index contributed by atoms with van der Waals surface area (Å²) in [6.45, 7) is 4.89.